The lowest BCUT2D eigenvalue weighted by molar-refractivity contribution is 0.0747. The van der Waals surface area contributed by atoms with Gasteiger partial charge in [0.2, 0.25) is 0 Å². The van der Waals surface area contributed by atoms with E-state index in [0.717, 1.165) is 15.3 Å². The fraction of sp³-hybridized carbons (Fsp3) is 0.208. The molecule has 1 aliphatic rings. The molecule has 0 saturated carbocycles. The Hall–Kier alpha value is -3.01. The van der Waals surface area contributed by atoms with Crippen molar-refractivity contribution in [2.45, 2.75) is 10.8 Å². The molecule has 0 N–H and O–H groups in total. The Morgan fingerprint density at radius 1 is 1.00 bits per heavy atom. The number of hydrogen-bond donors (Lipinski definition) is 0. The number of sulfone groups is 1. The van der Waals surface area contributed by atoms with Crippen LogP contribution < -0.4 is 4.90 Å². The van der Waals surface area contributed by atoms with E-state index in [1.54, 1.807) is 47.7 Å². The summed E-state index contributed by atoms with van der Waals surface area (Å²) < 4.78 is 26.1. The number of halogens is 1. The van der Waals surface area contributed by atoms with Gasteiger partial charge in [-0.05, 0) is 48.0 Å². The first-order valence-corrected chi connectivity index (χ1v) is 13.6. The summed E-state index contributed by atoms with van der Waals surface area (Å²) in [7, 11) is -3.54. The summed E-state index contributed by atoms with van der Waals surface area (Å²) in [6.07, 6.45) is 1.46. The first-order chi connectivity index (χ1) is 16.4. The number of benzene rings is 2. The zero-order chi connectivity index (χ0) is 23.7. The molecule has 34 heavy (non-hydrogen) atoms. The Morgan fingerprint density at radius 2 is 1.76 bits per heavy atom. The van der Waals surface area contributed by atoms with E-state index in [1.165, 1.54) is 12.3 Å². The molecule has 174 valence electrons. The van der Waals surface area contributed by atoms with E-state index in [4.69, 9.17) is 16.6 Å². The summed E-state index contributed by atoms with van der Waals surface area (Å²) in [4.78, 5) is 25.6. The first kappa shape index (κ1) is 22.8. The van der Waals surface area contributed by atoms with Gasteiger partial charge in [-0.1, -0.05) is 41.1 Å². The molecule has 2 aromatic carbocycles. The van der Waals surface area contributed by atoms with Crippen molar-refractivity contribution < 1.29 is 13.2 Å². The molecule has 0 radical (unpaired) electrons. The van der Waals surface area contributed by atoms with Crippen molar-refractivity contribution in [3.05, 3.63) is 83.0 Å². The van der Waals surface area contributed by atoms with Gasteiger partial charge in [0.05, 0.1) is 16.0 Å². The molecule has 10 heteroatoms. The van der Waals surface area contributed by atoms with Crippen molar-refractivity contribution in [3.8, 4) is 0 Å². The van der Waals surface area contributed by atoms with Crippen molar-refractivity contribution in [2.24, 2.45) is 0 Å². The van der Waals surface area contributed by atoms with Crippen molar-refractivity contribution in [3.63, 3.8) is 0 Å². The molecule has 0 atom stereocenters. The van der Waals surface area contributed by atoms with Gasteiger partial charge < -0.3 is 9.80 Å². The number of nitrogens with zero attached hydrogens (tertiary/aromatic N) is 4. The van der Waals surface area contributed by atoms with Gasteiger partial charge in [-0.2, -0.15) is 0 Å². The zero-order valence-corrected chi connectivity index (χ0v) is 20.5. The van der Waals surface area contributed by atoms with Gasteiger partial charge in [0.25, 0.3) is 5.91 Å². The maximum Gasteiger partial charge on any atom is 0.253 e. The highest BCUT2D eigenvalue weighted by atomic mass is 35.5. The number of fused-ring (bicyclic) bond motifs is 1. The van der Waals surface area contributed by atoms with Crippen LogP contribution >= 0.6 is 22.9 Å². The SMILES string of the molecule is O=C(c1ccc(CS(=O)(=O)c2ccccn2)cc1)N1CCN(c2nc3ccc(Cl)cc3s2)CC1. The molecule has 3 heterocycles. The molecular formula is C24H21ClN4O3S2. The Balaban J connectivity index is 1.21. The topological polar surface area (TPSA) is 83.5 Å². The second-order valence-corrected chi connectivity index (χ2v) is 11.4. The van der Waals surface area contributed by atoms with E-state index in [9.17, 15) is 13.2 Å². The van der Waals surface area contributed by atoms with Gasteiger partial charge in [0.1, 0.15) is 0 Å². The predicted molar refractivity (Wildman–Crippen MR) is 134 cm³/mol. The highest BCUT2D eigenvalue weighted by Gasteiger charge is 2.24. The smallest absolute Gasteiger partial charge is 0.253 e. The number of thiazole rings is 1. The van der Waals surface area contributed by atoms with Gasteiger partial charge in [-0.15, -0.1) is 0 Å². The number of piperazine rings is 1. The van der Waals surface area contributed by atoms with E-state index in [-0.39, 0.29) is 16.7 Å². The predicted octanol–water partition coefficient (Wildman–Crippen LogP) is 4.28. The van der Waals surface area contributed by atoms with Crippen LogP contribution in [0.3, 0.4) is 0 Å². The van der Waals surface area contributed by atoms with Crippen molar-refractivity contribution in [2.75, 3.05) is 31.1 Å². The van der Waals surface area contributed by atoms with E-state index in [2.05, 4.69) is 9.88 Å². The highest BCUT2D eigenvalue weighted by molar-refractivity contribution is 7.90. The van der Waals surface area contributed by atoms with Crippen molar-refractivity contribution in [1.29, 1.82) is 0 Å². The van der Waals surface area contributed by atoms with Crippen LogP contribution in [0, 0.1) is 0 Å². The van der Waals surface area contributed by atoms with Crippen molar-refractivity contribution in [1.82, 2.24) is 14.9 Å². The third kappa shape index (κ3) is 4.77. The van der Waals surface area contributed by atoms with Crippen LogP contribution in [0.25, 0.3) is 10.2 Å². The monoisotopic (exact) mass is 512 g/mol. The average molecular weight is 513 g/mol. The maximum atomic E-state index is 13.0. The fourth-order valence-electron chi connectivity index (χ4n) is 3.87. The minimum Gasteiger partial charge on any atom is -0.345 e. The molecule has 1 aliphatic heterocycles. The van der Waals surface area contributed by atoms with Crippen LogP contribution in [0.5, 0.6) is 0 Å². The third-order valence-electron chi connectivity index (χ3n) is 5.69. The minimum atomic E-state index is -3.54. The molecule has 1 amide bonds. The number of aromatic nitrogens is 2. The molecular weight excluding hydrogens is 492 g/mol. The molecule has 0 aliphatic carbocycles. The summed E-state index contributed by atoms with van der Waals surface area (Å²) in [6.45, 7) is 2.57. The Bertz CT molecular complexity index is 1430. The van der Waals surface area contributed by atoms with Gasteiger partial charge >= 0.3 is 0 Å². The molecule has 0 spiro atoms. The number of rotatable bonds is 5. The number of hydrogen-bond acceptors (Lipinski definition) is 7. The van der Waals surface area contributed by atoms with Crippen LogP contribution in [-0.4, -0.2) is 55.4 Å². The molecule has 0 unspecified atom stereocenters. The standard InChI is InChI=1S/C24H21ClN4O3S2/c25-19-8-9-20-21(15-19)33-24(27-20)29-13-11-28(12-14-29)23(30)18-6-4-17(5-7-18)16-34(31,32)22-3-1-2-10-26-22/h1-10,15H,11-14,16H2. The zero-order valence-electron chi connectivity index (χ0n) is 18.1. The lowest BCUT2D eigenvalue weighted by Crippen LogP contribution is -2.48. The first-order valence-electron chi connectivity index (χ1n) is 10.7. The highest BCUT2D eigenvalue weighted by Crippen LogP contribution is 2.31. The van der Waals surface area contributed by atoms with E-state index in [1.807, 2.05) is 23.1 Å². The van der Waals surface area contributed by atoms with Crippen LogP contribution in [0.4, 0.5) is 5.13 Å². The summed E-state index contributed by atoms with van der Waals surface area (Å²) in [5.41, 5.74) is 2.08. The Labute approximate surface area is 206 Å². The number of pyridine rings is 1. The van der Waals surface area contributed by atoms with Crippen LogP contribution in [-0.2, 0) is 15.6 Å². The van der Waals surface area contributed by atoms with Crippen LogP contribution in [0.2, 0.25) is 5.02 Å². The van der Waals surface area contributed by atoms with E-state index >= 15 is 0 Å². The number of anilines is 1. The second-order valence-electron chi connectivity index (χ2n) is 8.01. The fourth-order valence-corrected chi connectivity index (χ4v) is 6.45. The second kappa shape index (κ2) is 9.32. The molecule has 1 fully saturated rings. The average Bonchev–Trinajstić information content (AvgIpc) is 3.28. The summed E-state index contributed by atoms with van der Waals surface area (Å²) in [5.74, 6) is -0.222. The van der Waals surface area contributed by atoms with E-state index in [0.29, 0.717) is 42.3 Å². The quantitative estimate of drug-likeness (QED) is 0.397. The van der Waals surface area contributed by atoms with Gasteiger partial charge in [0.15, 0.2) is 20.0 Å². The largest absolute Gasteiger partial charge is 0.345 e. The normalized spacial score (nSPS) is 14.5. The summed E-state index contributed by atoms with van der Waals surface area (Å²) >= 11 is 7.69. The number of carbonyl (C=O) groups excluding carboxylic acids is 1. The Morgan fingerprint density at radius 3 is 2.47 bits per heavy atom. The minimum absolute atomic E-state index is 0.0456. The van der Waals surface area contributed by atoms with Gasteiger partial charge in [-0.25, -0.2) is 18.4 Å². The maximum absolute atomic E-state index is 13.0. The lowest BCUT2D eigenvalue weighted by atomic mass is 10.1. The van der Waals surface area contributed by atoms with E-state index < -0.39 is 9.84 Å². The molecule has 5 rings (SSSR count). The molecule has 7 nitrogen and oxygen atoms in total. The molecule has 1 saturated heterocycles. The molecule has 2 aromatic heterocycles. The summed E-state index contributed by atoms with van der Waals surface area (Å²) in [5, 5.41) is 1.67. The third-order valence-corrected chi connectivity index (χ3v) is 8.60. The number of amides is 1. The number of carbonyl (C=O) groups is 1. The molecule has 4 aromatic rings. The van der Waals surface area contributed by atoms with Gasteiger partial charge in [0, 0.05) is 43.0 Å². The van der Waals surface area contributed by atoms with Gasteiger partial charge in [-0.3, -0.25) is 4.79 Å². The summed E-state index contributed by atoms with van der Waals surface area (Å²) in [6, 6.07) is 17.2. The van der Waals surface area contributed by atoms with Crippen LogP contribution in [0.15, 0.2) is 71.9 Å². The lowest BCUT2D eigenvalue weighted by Gasteiger charge is -2.34. The van der Waals surface area contributed by atoms with Crippen LogP contribution in [0.1, 0.15) is 15.9 Å². The Kier molecular flexibility index (Phi) is 6.24. The van der Waals surface area contributed by atoms with Crippen molar-refractivity contribution >= 4 is 54.0 Å². The molecule has 0 bridgehead atoms.